The van der Waals surface area contributed by atoms with Crippen LogP contribution in [0.2, 0.25) is 0 Å². The van der Waals surface area contributed by atoms with Crippen molar-refractivity contribution in [2.75, 3.05) is 13.7 Å². The van der Waals surface area contributed by atoms with E-state index in [1.54, 1.807) is 7.11 Å². The number of carbonyl (C=O) groups is 1. The van der Waals surface area contributed by atoms with E-state index in [9.17, 15) is 4.79 Å². The number of rotatable bonds is 9. The van der Waals surface area contributed by atoms with Crippen molar-refractivity contribution in [2.45, 2.75) is 38.6 Å². The van der Waals surface area contributed by atoms with Crippen LogP contribution in [0.25, 0.3) is 0 Å². The number of ether oxygens (including phenoxy) is 1. The summed E-state index contributed by atoms with van der Waals surface area (Å²) in [6.45, 7) is 2.86. The van der Waals surface area contributed by atoms with E-state index in [-0.39, 0.29) is 11.9 Å². The second kappa shape index (κ2) is 8.53. The van der Waals surface area contributed by atoms with Gasteiger partial charge < -0.3 is 15.8 Å². The Balaban J connectivity index is 2.27. The molecule has 19 heavy (non-hydrogen) atoms. The van der Waals surface area contributed by atoms with Crippen molar-refractivity contribution in [3.8, 4) is 5.75 Å². The zero-order chi connectivity index (χ0) is 14.1. The van der Waals surface area contributed by atoms with Crippen molar-refractivity contribution in [3.05, 3.63) is 29.8 Å². The molecule has 1 atom stereocenters. The summed E-state index contributed by atoms with van der Waals surface area (Å²) in [7, 11) is 1.66. The summed E-state index contributed by atoms with van der Waals surface area (Å²) in [4.78, 5) is 11.2. The molecule has 0 saturated carbocycles. The number of amides is 1. The normalized spacial score (nSPS) is 12.1. The first-order valence-corrected chi connectivity index (χ1v) is 6.83. The fourth-order valence-electron chi connectivity index (χ4n) is 1.99. The molecular weight excluding hydrogens is 240 g/mol. The van der Waals surface area contributed by atoms with Gasteiger partial charge in [0, 0.05) is 0 Å². The Kier molecular flexibility index (Phi) is 6.97. The third-order valence-electron chi connectivity index (χ3n) is 3.11. The van der Waals surface area contributed by atoms with Crippen LogP contribution in [0.1, 0.15) is 31.7 Å². The third-order valence-corrected chi connectivity index (χ3v) is 3.11. The lowest BCUT2D eigenvalue weighted by Gasteiger charge is -2.14. The molecule has 106 valence electrons. The second-order valence-electron chi connectivity index (χ2n) is 4.65. The van der Waals surface area contributed by atoms with Crippen molar-refractivity contribution < 1.29 is 9.53 Å². The number of nitrogens with two attached hydrogens (primary N) is 1. The number of carbonyl (C=O) groups excluding carboxylic acids is 1. The highest BCUT2D eigenvalue weighted by Gasteiger charge is 2.12. The molecule has 0 spiro atoms. The van der Waals surface area contributed by atoms with Gasteiger partial charge in [-0.2, -0.15) is 0 Å². The highest BCUT2D eigenvalue weighted by Crippen LogP contribution is 2.12. The van der Waals surface area contributed by atoms with E-state index >= 15 is 0 Å². The van der Waals surface area contributed by atoms with Crippen molar-refractivity contribution in [1.29, 1.82) is 0 Å². The average molecular weight is 264 g/mol. The van der Waals surface area contributed by atoms with E-state index in [0.29, 0.717) is 0 Å². The Labute approximate surface area is 115 Å². The van der Waals surface area contributed by atoms with E-state index in [4.69, 9.17) is 10.5 Å². The predicted molar refractivity (Wildman–Crippen MR) is 77.2 cm³/mol. The Morgan fingerprint density at radius 2 is 2.05 bits per heavy atom. The van der Waals surface area contributed by atoms with Crippen LogP contribution in [0.5, 0.6) is 5.75 Å². The minimum absolute atomic E-state index is 0.194. The van der Waals surface area contributed by atoms with Crippen LogP contribution in [0.15, 0.2) is 24.3 Å². The van der Waals surface area contributed by atoms with Gasteiger partial charge in [-0.15, -0.1) is 0 Å². The van der Waals surface area contributed by atoms with Gasteiger partial charge in [0.2, 0.25) is 5.91 Å². The van der Waals surface area contributed by atoms with Crippen LogP contribution < -0.4 is 15.8 Å². The maximum Gasteiger partial charge on any atom is 0.234 e. The molecule has 0 unspecified atom stereocenters. The fourth-order valence-corrected chi connectivity index (χ4v) is 1.99. The van der Waals surface area contributed by atoms with Gasteiger partial charge in [0.15, 0.2) is 0 Å². The van der Waals surface area contributed by atoms with Crippen LogP contribution in [0, 0.1) is 0 Å². The van der Waals surface area contributed by atoms with E-state index in [1.165, 1.54) is 5.56 Å². The lowest BCUT2D eigenvalue weighted by Crippen LogP contribution is -2.41. The molecule has 3 N–H and O–H groups in total. The Morgan fingerprint density at radius 3 is 2.58 bits per heavy atom. The molecule has 0 aromatic heterocycles. The summed E-state index contributed by atoms with van der Waals surface area (Å²) in [5.74, 6) is 0.616. The van der Waals surface area contributed by atoms with Crippen LogP contribution in [-0.2, 0) is 11.2 Å². The molecule has 1 amide bonds. The summed E-state index contributed by atoms with van der Waals surface area (Å²) in [5.41, 5.74) is 6.60. The smallest absolute Gasteiger partial charge is 0.234 e. The molecule has 0 bridgehead atoms. The highest BCUT2D eigenvalue weighted by molar-refractivity contribution is 5.79. The van der Waals surface area contributed by atoms with Crippen molar-refractivity contribution in [1.82, 2.24) is 5.32 Å². The summed E-state index contributed by atoms with van der Waals surface area (Å²) in [6.07, 6.45) is 3.73. The van der Waals surface area contributed by atoms with Gasteiger partial charge in [-0.05, 0) is 43.5 Å². The minimum Gasteiger partial charge on any atom is -0.497 e. The summed E-state index contributed by atoms with van der Waals surface area (Å²) in [6, 6.07) is 7.87. The summed E-state index contributed by atoms with van der Waals surface area (Å²) >= 11 is 0. The average Bonchev–Trinajstić information content (AvgIpc) is 2.42. The van der Waals surface area contributed by atoms with Crippen LogP contribution in [0.4, 0.5) is 0 Å². The SMILES string of the molecule is CCC[C@@H](NCCCc1ccc(OC)cc1)C(N)=O. The van der Waals surface area contributed by atoms with E-state index < -0.39 is 0 Å². The summed E-state index contributed by atoms with van der Waals surface area (Å²) in [5, 5.41) is 3.21. The van der Waals surface area contributed by atoms with Crippen molar-refractivity contribution >= 4 is 5.91 Å². The minimum atomic E-state index is -0.258. The standard InChI is InChI=1S/C15H24N2O2/c1-3-5-14(15(16)18)17-11-4-6-12-7-9-13(19-2)10-8-12/h7-10,14,17H,3-6,11H2,1-2H3,(H2,16,18)/t14-/m1/s1. The predicted octanol–water partition coefficient (Wildman–Crippen LogP) is 1.87. The van der Waals surface area contributed by atoms with Gasteiger partial charge in [-0.25, -0.2) is 0 Å². The number of hydrogen-bond donors (Lipinski definition) is 2. The van der Waals surface area contributed by atoms with Gasteiger partial charge in [-0.3, -0.25) is 4.79 Å². The van der Waals surface area contributed by atoms with Crippen LogP contribution >= 0.6 is 0 Å². The molecule has 4 heteroatoms. The first kappa shape index (κ1) is 15.5. The molecular formula is C15H24N2O2. The van der Waals surface area contributed by atoms with Crippen LogP contribution in [-0.4, -0.2) is 25.6 Å². The van der Waals surface area contributed by atoms with Gasteiger partial charge in [0.05, 0.1) is 13.2 Å². The Bertz CT molecular complexity index is 376. The molecule has 0 aliphatic rings. The first-order chi connectivity index (χ1) is 9.17. The lowest BCUT2D eigenvalue weighted by atomic mass is 10.1. The molecule has 0 aliphatic carbocycles. The monoisotopic (exact) mass is 264 g/mol. The van der Waals surface area contributed by atoms with Crippen molar-refractivity contribution in [2.24, 2.45) is 5.73 Å². The number of hydrogen-bond acceptors (Lipinski definition) is 3. The Hall–Kier alpha value is -1.55. The second-order valence-corrected chi connectivity index (χ2v) is 4.65. The number of primary amides is 1. The molecule has 0 saturated heterocycles. The quantitative estimate of drug-likeness (QED) is 0.669. The number of benzene rings is 1. The molecule has 0 fully saturated rings. The van der Waals surface area contributed by atoms with E-state index in [1.807, 2.05) is 12.1 Å². The van der Waals surface area contributed by atoms with Gasteiger partial charge in [0.25, 0.3) is 0 Å². The van der Waals surface area contributed by atoms with E-state index in [0.717, 1.165) is 38.0 Å². The third kappa shape index (κ3) is 5.75. The molecule has 0 aliphatic heterocycles. The van der Waals surface area contributed by atoms with Gasteiger partial charge >= 0.3 is 0 Å². The zero-order valence-corrected chi connectivity index (χ0v) is 11.8. The largest absolute Gasteiger partial charge is 0.497 e. The Morgan fingerprint density at radius 1 is 1.37 bits per heavy atom. The maximum absolute atomic E-state index is 11.2. The maximum atomic E-state index is 11.2. The number of aryl methyl sites for hydroxylation is 1. The molecule has 1 rings (SSSR count). The number of methoxy groups -OCH3 is 1. The molecule has 0 heterocycles. The lowest BCUT2D eigenvalue weighted by molar-refractivity contribution is -0.120. The van der Waals surface area contributed by atoms with Crippen molar-refractivity contribution in [3.63, 3.8) is 0 Å². The van der Waals surface area contributed by atoms with Crippen LogP contribution in [0.3, 0.4) is 0 Å². The summed E-state index contributed by atoms with van der Waals surface area (Å²) < 4.78 is 5.12. The fraction of sp³-hybridized carbons (Fsp3) is 0.533. The number of nitrogens with one attached hydrogen (secondary N) is 1. The molecule has 0 radical (unpaired) electrons. The van der Waals surface area contributed by atoms with E-state index in [2.05, 4.69) is 24.4 Å². The molecule has 1 aromatic rings. The van der Waals surface area contributed by atoms with Gasteiger partial charge in [0.1, 0.15) is 5.75 Å². The highest BCUT2D eigenvalue weighted by atomic mass is 16.5. The topological polar surface area (TPSA) is 64.3 Å². The first-order valence-electron chi connectivity index (χ1n) is 6.83. The molecule has 4 nitrogen and oxygen atoms in total. The zero-order valence-electron chi connectivity index (χ0n) is 11.8. The molecule has 1 aromatic carbocycles. The van der Waals surface area contributed by atoms with Gasteiger partial charge in [-0.1, -0.05) is 25.5 Å².